The van der Waals surface area contributed by atoms with Crippen LogP contribution in [0.15, 0.2) is 18.2 Å². The molecule has 2 amide bonds. The summed E-state index contributed by atoms with van der Waals surface area (Å²) < 4.78 is 10.5. The van der Waals surface area contributed by atoms with E-state index in [0.717, 1.165) is 0 Å². The quantitative estimate of drug-likeness (QED) is 0.795. The van der Waals surface area contributed by atoms with Gasteiger partial charge in [-0.25, -0.2) is 0 Å². The van der Waals surface area contributed by atoms with Crippen LogP contribution in [0.2, 0.25) is 0 Å². The zero-order chi connectivity index (χ0) is 17.9. The Hall–Kier alpha value is -1.95. The van der Waals surface area contributed by atoms with Gasteiger partial charge in [-0.3, -0.25) is 9.59 Å². The van der Waals surface area contributed by atoms with Crippen LogP contribution in [0.25, 0.3) is 0 Å². The van der Waals surface area contributed by atoms with Crippen LogP contribution in [0, 0.1) is 5.41 Å². The molecule has 0 bridgehead atoms. The van der Waals surface area contributed by atoms with E-state index < -0.39 is 5.41 Å². The van der Waals surface area contributed by atoms with Gasteiger partial charge in [0.05, 0.1) is 25.7 Å². The van der Waals surface area contributed by atoms with Crippen LogP contribution in [-0.2, 0) is 9.59 Å². The number of anilines is 1. The van der Waals surface area contributed by atoms with Crippen molar-refractivity contribution in [3.8, 4) is 11.5 Å². The van der Waals surface area contributed by atoms with Gasteiger partial charge in [0.15, 0.2) is 11.5 Å². The summed E-state index contributed by atoms with van der Waals surface area (Å²) in [6.07, 6.45) is 0.262. The zero-order valence-corrected chi connectivity index (χ0v) is 15.1. The monoisotopic (exact) mass is 354 g/mol. The Balaban J connectivity index is 2.11. The Morgan fingerprint density at radius 3 is 2.58 bits per heavy atom. The van der Waals surface area contributed by atoms with E-state index in [1.54, 1.807) is 51.2 Å². The number of rotatable bonds is 6. The summed E-state index contributed by atoms with van der Waals surface area (Å²) in [6, 6.07) is 5.07. The molecular formula is C17H23ClN2O4. The number of nitrogens with one attached hydrogen (secondary N) is 1. The molecule has 0 unspecified atom stereocenters. The fourth-order valence-electron chi connectivity index (χ4n) is 2.49. The molecule has 1 saturated heterocycles. The highest BCUT2D eigenvalue weighted by Gasteiger charge is 2.35. The molecule has 1 aliphatic heterocycles. The largest absolute Gasteiger partial charge is 0.493 e. The number of alkyl halides is 1. The summed E-state index contributed by atoms with van der Waals surface area (Å²) in [5.74, 6) is 1.18. The Morgan fingerprint density at radius 2 is 2.00 bits per heavy atom. The predicted molar refractivity (Wildman–Crippen MR) is 92.9 cm³/mol. The molecule has 1 aromatic carbocycles. The molecule has 0 spiro atoms. The highest BCUT2D eigenvalue weighted by molar-refractivity contribution is 6.19. The first kappa shape index (κ1) is 18.4. The molecule has 132 valence electrons. The van der Waals surface area contributed by atoms with E-state index in [4.69, 9.17) is 21.1 Å². The van der Waals surface area contributed by atoms with Crippen molar-refractivity contribution in [2.75, 3.05) is 31.5 Å². The minimum atomic E-state index is -0.665. The summed E-state index contributed by atoms with van der Waals surface area (Å²) in [4.78, 5) is 26.2. The van der Waals surface area contributed by atoms with E-state index in [9.17, 15) is 9.59 Å². The Labute approximate surface area is 147 Å². The van der Waals surface area contributed by atoms with Gasteiger partial charge in [-0.1, -0.05) is 0 Å². The highest BCUT2D eigenvalue weighted by Crippen LogP contribution is 2.33. The lowest BCUT2D eigenvalue weighted by molar-refractivity contribution is -0.128. The number of carbonyl (C=O) groups is 2. The van der Waals surface area contributed by atoms with Crippen molar-refractivity contribution >= 4 is 29.1 Å². The van der Waals surface area contributed by atoms with Gasteiger partial charge in [-0.2, -0.15) is 0 Å². The molecule has 1 aromatic rings. The standard InChI is InChI=1S/C17H23ClN2O4/c1-17(2,10-18)16(22)19-11-7-15(21)20(9-11)12-5-6-13(23-3)14(8-12)24-4/h5-6,8,11H,7,9-10H2,1-4H3,(H,19,22)/t11-/m0/s1. The van der Waals surface area contributed by atoms with Crippen LogP contribution in [0.5, 0.6) is 11.5 Å². The van der Waals surface area contributed by atoms with Crippen LogP contribution in [-0.4, -0.2) is 44.5 Å². The summed E-state index contributed by atoms with van der Waals surface area (Å²) in [5.41, 5.74) is 0.0486. The van der Waals surface area contributed by atoms with E-state index in [0.29, 0.717) is 23.7 Å². The molecule has 6 nitrogen and oxygen atoms in total. The maximum absolute atomic E-state index is 12.3. The van der Waals surface area contributed by atoms with E-state index >= 15 is 0 Å². The number of hydrogen-bond donors (Lipinski definition) is 1. The minimum Gasteiger partial charge on any atom is -0.493 e. The second kappa shape index (κ2) is 7.30. The number of benzene rings is 1. The van der Waals surface area contributed by atoms with Crippen molar-refractivity contribution in [1.82, 2.24) is 5.32 Å². The lowest BCUT2D eigenvalue weighted by Crippen LogP contribution is -2.44. The van der Waals surface area contributed by atoms with Crippen molar-refractivity contribution in [3.05, 3.63) is 18.2 Å². The van der Waals surface area contributed by atoms with Gasteiger partial charge in [0, 0.05) is 30.6 Å². The molecule has 2 rings (SSSR count). The molecule has 24 heavy (non-hydrogen) atoms. The minimum absolute atomic E-state index is 0.0452. The number of carbonyl (C=O) groups excluding carboxylic acids is 2. The Kier molecular flexibility index (Phi) is 5.59. The van der Waals surface area contributed by atoms with Gasteiger partial charge in [-0.05, 0) is 26.0 Å². The van der Waals surface area contributed by atoms with Gasteiger partial charge in [0.25, 0.3) is 0 Å². The molecule has 7 heteroatoms. The third kappa shape index (κ3) is 3.75. The summed E-state index contributed by atoms with van der Waals surface area (Å²) in [6.45, 7) is 3.97. The molecular weight excluding hydrogens is 332 g/mol. The first-order valence-electron chi connectivity index (χ1n) is 7.71. The molecule has 0 aliphatic carbocycles. The number of ether oxygens (including phenoxy) is 2. The molecule has 0 radical (unpaired) electrons. The lowest BCUT2D eigenvalue weighted by atomic mass is 9.95. The first-order valence-corrected chi connectivity index (χ1v) is 8.25. The van der Waals surface area contributed by atoms with Gasteiger partial charge in [0.1, 0.15) is 0 Å². The van der Waals surface area contributed by atoms with Crippen LogP contribution >= 0.6 is 11.6 Å². The van der Waals surface area contributed by atoms with Crippen LogP contribution in [0.4, 0.5) is 5.69 Å². The summed E-state index contributed by atoms with van der Waals surface area (Å²) in [5, 5.41) is 2.91. The summed E-state index contributed by atoms with van der Waals surface area (Å²) >= 11 is 5.82. The number of nitrogens with zero attached hydrogens (tertiary/aromatic N) is 1. The summed E-state index contributed by atoms with van der Waals surface area (Å²) in [7, 11) is 3.10. The van der Waals surface area contributed by atoms with E-state index in [1.165, 1.54) is 0 Å². The second-order valence-electron chi connectivity index (χ2n) is 6.44. The number of amides is 2. The average molecular weight is 355 g/mol. The van der Waals surface area contributed by atoms with Crippen molar-refractivity contribution < 1.29 is 19.1 Å². The molecule has 1 N–H and O–H groups in total. The maximum Gasteiger partial charge on any atom is 0.229 e. The number of halogens is 1. The van der Waals surface area contributed by atoms with Crippen molar-refractivity contribution in [3.63, 3.8) is 0 Å². The highest BCUT2D eigenvalue weighted by atomic mass is 35.5. The van der Waals surface area contributed by atoms with Gasteiger partial charge in [0.2, 0.25) is 11.8 Å². The lowest BCUT2D eigenvalue weighted by Gasteiger charge is -2.23. The Morgan fingerprint density at radius 1 is 1.33 bits per heavy atom. The van der Waals surface area contributed by atoms with Gasteiger partial charge < -0.3 is 19.7 Å². The smallest absolute Gasteiger partial charge is 0.229 e. The average Bonchev–Trinajstić information content (AvgIpc) is 2.94. The van der Waals surface area contributed by atoms with E-state index in [-0.39, 0.29) is 30.2 Å². The topological polar surface area (TPSA) is 67.9 Å². The van der Waals surface area contributed by atoms with Gasteiger partial charge in [-0.15, -0.1) is 11.6 Å². The van der Waals surface area contributed by atoms with Crippen LogP contribution in [0.3, 0.4) is 0 Å². The third-order valence-electron chi connectivity index (χ3n) is 4.09. The molecule has 0 aromatic heterocycles. The third-order valence-corrected chi connectivity index (χ3v) is 4.76. The molecule has 1 aliphatic rings. The Bertz CT molecular complexity index is 633. The predicted octanol–water partition coefficient (Wildman–Crippen LogP) is 2.19. The maximum atomic E-state index is 12.3. The molecule has 1 heterocycles. The van der Waals surface area contributed by atoms with Crippen molar-refractivity contribution in [1.29, 1.82) is 0 Å². The number of methoxy groups -OCH3 is 2. The fraction of sp³-hybridized carbons (Fsp3) is 0.529. The normalized spacial score (nSPS) is 17.8. The van der Waals surface area contributed by atoms with Gasteiger partial charge >= 0.3 is 0 Å². The van der Waals surface area contributed by atoms with Crippen molar-refractivity contribution in [2.45, 2.75) is 26.3 Å². The molecule has 1 atom stereocenters. The fourth-order valence-corrected chi connectivity index (χ4v) is 2.61. The van der Waals surface area contributed by atoms with Crippen LogP contribution in [0.1, 0.15) is 20.3 Å². The first-order chi connectivity index (χ1) is 11.3. The molecule has 1 fully saturated rings. The van der Waals surface area contributed by atoms with E-state index in [1.807, 2.05) is 0 Å². The van der Waals surface area contributed by atoms with E-state index in [2.05, 4.69) is 5.32 Å². The second-order valence-corrected chi connectivity index (χ2v) is 6.70. The molecule has 0 saturated carbocycles. The zero-order valence-electron chi connectivity index (χ0n) is 14.4. The van der Waals surface area contributed by atoms with Crippen LogP contribution < -0.4 is 19.7 Å². The van der Waals surface area contributed by atoms with Crippen molar-refractivity contribution in [2.24, 2.45) is 5.41 Å². The SMILES string of the molecule is COc1ccc(N2C[C@@H](NC(=O)C(C)(C)CCl)CC2=O)cc1OC. The number of hydrogen-bond acceptors (Lipinski definition) is 4.